The average Bonchev–Trinajstić information content (AvgIpc) is 2.23. The fourth-order valence-electron chi connectivity index (χ4n) is 1.31. The molecule has 0 amide bonds. The van der Waals surface area contributed by atoms with Crippen molar-refractivity contribution in [2.75, 3.05) is 12.3 Å². The molecule has 0 aromatic carbocycles. The summed E-state index contributed by atoms with van der Waals surface area (Å²) in [6.07, 6.45) is 6.21. The molecule has 0 saturated carbocycles. The van der Waals surface area contributed by atoms with Gasteiger partial charge in [-0.3, -0.25) is 4.98 Å². The zero-order chi connectivity index (χ0) is 11.9. The van der Waals surface area contributed by atoms with Crippen LogP contribution in [0.2, 0.25) is 0 Å². The van der Waals surface area contributed by atoms with E-state index >= 15 is 0 Å². The molecule has 90 valence electrons. The first-order valence-corrected chi connectivity index (χ1v) is 6.84. The van der Waals surface area contributed by atoms with Crippen molar-refractivity contribution in [3.05, 3.63) is 24.5 Å². The van der Waals surface area contributed by atoms with Crippen molar-refractivity contribution in [1.29, 1.82) is 0 Å². The van der Waals surface area contributed by atoms with Crippen molar-refractivity contribution < 1.29 is 0 Å². The Labute approximate surface area is 103 Å². The Morgan fingerprint density at radius 1 is 1.19 bits per heavy atom. The van der Waals surface area contributed by atoms with Gasteiger partial charge in [-0.2, -0.15) is 0 Å². The van der Waals surface area contributed by atoms with Crippen molar-refractivity contribution in [2.24, 2.45) is 0 Å². The van der Waals surface area contributed by atoms with E-state index in [2.05, 4.69) is 43.2 Å². The van der Waals surface area contributed by atoms with Crippen LogP contribution in [0, 0.1) is 0 Å². The molecule has 1 heterocycles. The quantitative estimate of drug-likeness (QED) is 0.608. The predicted molar refractivity (Wildman–Crippen MR) is 72.0 cm³/mol. The second-order valence-electron chi connectivity index (χ2n) is 4.92. The van der Waals surface area contributed by atoms with Gasteiger partial charge < -0.3 is 5.32 Å². The van der Waals surface area contributed by atoms with Gasteiger partial charge in [0.2, 0.25) is 0 Å². The minimum Gasteiger partial charge on any atom is -0.312 e. The van der Waals surface area contributed by atoms with Crippen LogP contribution in [-0.2, 0) is 0 Å². The SMILES string of the molecule is CC(C)(C)NCCCCSc1ccncc1. The highest BCUT2D eigenvalue weighted by Crippen LogP contribution is 2.17. The van der Waals surface area contributed by atoms with Gasteiger partial charge in [0.15, 0.2) is 0 Å². The fraction of sp³-hybridized carbons (Fsp3) is 0.615. The lowest BCUT2D eigenvalue weighted by Gasteiger charge is -2.20. The van der Waals surface area contributed by atoms with E-state index in [1.54, 1.807) is 0 Å². The van der Waals surface area contributed by atoms with Crippen LogP contribution >= 0.6 is 11.8 Å². The normalized spacial score (nSPS) is 11.7. The molecule has 0 fully saturated rings. The van der Waals surface area contributed by atoms with Crippen molar-refractivity contribution >= 4 is 11.8 Å². The third kappa shape index (κ3) is 6.85. The molecule has 0 aliphatic carbocycles. The number of unbranched alkanes of at least 4 members (excludes halogenated alkanes) is 1. The molecule has 1 N–H and O–H groups in total. The maximum absolute atomic E-state index is 4.01. The van der Waals surface area contributed by atoms with E-state index < -0.39 is 0 Å². The summed E-state index contributed by atoms with van der Waals surface area (Å²) in [6, 6.07) is 4.14. The molecule has 0 saturated heterocycles. The van der Waals surface area contributed by atoms with Crippen molar-refractivity contribution in [3.63, 3.8) is 0 Å². The highest BCUT2D eigenvalue weighted by atomic mass is 32.2. The molecular formula is C13H22N2S. The predicted octanol–water partition coefficient (Wildman–Crippen LogP) is 3.34. The van der Waals surface area contributed by atoms with E-state index in [1.165, 1.54) is 23.5 Å². The molecule has 0 aliphatic heterocycles. The van der Waals surface area contributed by atoms with Crippen molar-refractivity contribution in [2.45, 2.75) is 44.0 Å². The number of thioether (sulfide) groups is 1. The number of pyridine rings is 1. The summed E-state index contributed by atoms with van der Waals surface area (Å²) in [7, 11) is 0. The first-order chi connectivity index (χ1) is 7.58. The van der Waals surface area contributed by atoms with Crippen LogP contribution in [0.25, 0.3) is 0 Å². The second-order valence-corrected chi connectivity index (χ2v) is 6.08. The van der Waals surface area contributed by atoms with Gasteiger partial charge in [-0.25, -0.2) is 0 Å². The number of hydrogen-bond donors (Lipinski definition) is 1. The number of nitrogens with one attached hydrogen (secondary N) is 1. The molecular weight excluding hydrogens is 216 g/mol. The summed E-state index contributed by atoms with van der Waals surface area (Å²) in [6.45, 7) is 7.73. The molecule has 16 heavy (non-hydrogen) atoms. The zero-order valence-corrected chi connectivity index (χ0v) is 11.3. The Bertz CT molecular complexity index is 280. The van der Waals surface area contributed by atoms with E-state index in [4.69, 9.17) is 0 Å². The first kappa shape index (κ1) is 13.5. The maximum Gasteiger partial charge on any atom is 0.0278 e. The lowest BCUT2D eigenvalue weighted by Crippen LogP contribution is -2.36. The van der Waals surface area contributed by atoms with E-state index in [9.17, 15) is 0 Å². The lowest BCUT2D eigenvalue weighted by molar-refractivity contribution is 0.421. The Hall–Kier alpha value is -0.540. The van der Waals surface area contributed by atoms with Crippen LogP contribution in [0.3, 0.4) is 0 Å². The molecule has 1 aromatic heterocycles. The van der Waals surface area contributed by atoms with Gasteiger partial charge in [0.1, 0.15) is 0 Å². The summed E-state index contributed by atoms with van der Waals surface area (Å²) < 4.78 is 0. The third-order valence-corrected chi connectivity index (χ3v) is 3.24. The topological polar surface area (TPSA) is 24.9 Å². The van der Waals surface area contributed by atoms with Crippen LogP contribution in [0.5, 0.6) is 0 Å². The molecule has 0 unspecified atom stereocenters. The minimum atomic E-state index is 0.248. The highest BCUT2D eigenvalue weighted by molar-refractivity contribution is 7.99. The van der Waals surface area contributed by atoms with Gasteiger partial charge >= 0.3 is 0 Å². The Kier molecular flexibility index (Phi) is 5.85. The molecule has 3 heteroatoms. The monoisotopic (exact) mass is 238 g/mol. The van der Waals surface area contributed by atoms with E-state index in [0.29, 0.717) is 0 Å². The van der Waals surface area contributed by atoms with Crippen LogP contribution in [0.15, 0.2) is 29.4 Å². The molecule has 2 nitrogen and oxygen atoms in total. The Morgan fingerprint density at radius 3 is 2.50 bits per heavy atom. The molecule has 0 aliphatic rings. The van der Waals surface area contributed by atoms with Crippen molar-refractivity contribution in [3.8, 4) is 0 Å². The zero-order valence-electron chi connectivity index (χ0n) is 10.5. The third-order valence-electron chi connectivity index (χ3n) is 2.14. The van der Waals surface area contributed by atoms with Crippen LogP contribution in [0.4, 0.5) is 0 Å². The molecule has 0 spiro atoms. The largest absolute Gasteiger partial charge is 0.312 e. The van der Waals surface area contributed by atoms with Gasteiger partial charge in [-0.05, 0) is 58.0 Å². The summed E-state index contributed by atoms with van der Waals surface area (Å²) in [4.78, 5) is 5.33. The lowest BCUT2D eigenvalue weighted by atomic mass is 10.1. The molecule has 1 aromatic rings. The number of aromatic nitrogens is 1. The summed E-state index contributed by atoms with van der Waals surface area (Å²) in [5.41, 5.74) is 0.248. The number of nitrogens with zero attached hydrogens (tertiary/aromatic N) is 1. The second kappa shape index (κ2) is 6.92. The number of hydrogen-bond acceptors (Lipinski definition) is 3. The fourth-order valence-corrected chi connectivity index (χ4v) is 2.21. The minimum absolute atomic E-state index is 0.248. The van der Waals surface area contributed by atoms with Gasteiger partial charge in [0.25, 0.3) is 0 Å². The summed E-state index contributed by atoms with van der Waals surface area (Å²) in [5, 5.41) is 3.50. The van der Waals surface area contributed by atoms with Gasteiger partial charge in [-0.15, -0.1) is 11.8 Å². The van der Waals surface area contributed by atoms with E-state index in [1.807, 2.05) is 24.2 Å². The first-order valence-electron chi connectivity index (χ1n) is 5.86. The number of rotatable bonds is 6. The van der Waals surface area contributed by atoms with Crippen molar-refractivity contribution in [1.82, 2.24) is 10.3 Å². The van der Waals surface area contributed by atoms with E-state index in [-0.39, 0.29) is 5.54 Å². The van der Waals surface area contributed by atoms with Crippen LogP contribution < -0.4 is 5.32 Å². The Balaban J connectivity index is 2.01. The van der Waals surface area contributed by atoms with Gasteiger partial charge in [-0.1, -0.05) is 0 Å². The highest BCUT2D eigenvalue weighted by Gasteiger charge is 2.06. The van der Waals surface area contributed by atoms with Gasteiger partial charge in [0, 0.05) is 22.8 Å². The maximum atomic E-state index is 4.01. The molecule has 0 atom stereocenters. The summed E-state index contributed by atoms with van der Waals surface area (Å²) >= 11 is 1.91. The molecule has 1 rings (SSSR count). The summed E-state index contributed by atoms with van der Waals surface area (Å²) in [5.74, 6) is 1.19. The Morgan fingerprint density at radius 2 is 1.88 bits per heavy atom. The van der Waals surface area contributed by atoms with E-state index in [0.717, 1.165) is 6.54 Å². The molecule has 0 bridgehead atoms. The smallest absolute Gasteiger partial charge is 0.0278 e. The van der Waals surface area contributed by atoms with Crippen LogP contribution in [-0.4, -0.2) is 22.8 Å². The molecule has 0 radical (unpaired) electrons. The standard InChI is InChI=1S/C13H22N2S/c1-13(2,3)15-8-4-5-11-16-12-6-9-14-10-7-12/h6-7,9-10,15H,4-5,8,11H2,1-3H3. The van der Waals surface area contributed by atoms with Gasteiger partial charge in [0.05, 0.1) is 0 Å². The van der Waals surface area contributed by atoms with Crippen LogP contribution in [0.1, 0.15) is 33.6 Å². The average molecular weight is 238 g/mol.